The van der Waals surface area contributed by atoms with Gasteiger partial charge in [-0.15, -0.1) is 10.2 Å². The molecular formula is C15H17FN4OS. The van der Waals surface area contributed by atoms with E-state index in [1.54, 1.807) is 30.4 Å². The minimum absolute atomic E-state index is 0.119. The summed E-state index contributed by atoms with van der Waals surface area (Å²) in [5, 5.41) is 10.3. The topological polar surface area (TPSA) is 49.3 Å². The number of anilines is 1. The predicted octanol–water partition coefficient (Wildman–Crippen LogP) is 1.94. The molecule has 0 spiro atoms. The first-order valence-electron chi connectivity index (χ1n) is 7.19. The van der Waals surface area contributed by atoms with Gasteiger partial charge in [0.05, 0.1) is 0 Å². The molecule has 1 aromatic heterocycles. The minimum atomic E-state index is -0.231. The third kappa shape index (κ3) is 3.41. The van der Waals surface area contributed by atoms with Crippen molar-refractivity contribution in [3.8, 4) is 0 Å². The summed E-state index contributed by atoms with van der Waals surface area (Å²) in [5.41, 5.74) is 1.02. The largest absolute Gasteiger partial charge is 0.343 e. The zero-order valence-corrected chi connectivity index (χ0v) is 13.1. The average molecular weight is 320 g/mol. The Balaban J connectivity index is 1.62. The Hall–Kier alpha value is -2.02. The van der Waals surface area contributed by atoms with Crippen LogP contribution in [0.25, 0.3) is 0 Å². The van der Waals surface area contributed by atoms with Crippen LogP contribution in [0.2, 0.25) is 0 Å². The van der Waals surface area contributed by atoms with Crippen molar-refractivity contribution < 1.29 is 9.18 Å². The summed E-state index contributed by atoms with van der Waals surface area (Å²) < 4.78 is 12.9. The van der Waals surface area contributed by atoms with Gasteiger partial charge in [-0.25, -0.2) is 4.39 Å². The van der Waals surface area contributed by atoms with Crippen LogP contribution < -0.4 is 4.90 Å². The van der Waals surface area contributed by atoms with Crippen molar-refractivity contribution in [2.45, 2.75) is 13.3 Å². The van der Waals surface area contributed by atoms with Crippen LogP contribution in [-0.2, 0) is 11.2 Å². The van der Waals surface area contributed by atoms with Gasteiger partial charge in [0.2, 0.25) is 11.0 Å². The number of halogens is 1. The third-order valence-corrected chi connectivity index (χ3v) is 4.70. The molecule has 7 heteroatoms. The van der Waals surface area contributed by atoms with Crippen molar-refractivity contribution in [1.82, 2.24) is 15.1 Å². The molecule has 0 N–H and O–H groups in total. The second-order valence-electron chi connectivity index (χ2n) is 5.27. The molecule has 2 aromatic rings. The third-order valence-electron chi connectivity index (χ3n) is 3.72. The second-order valence-corrected chi connectivity index (χ2v) is 6.32. The number of piperazine rings is 1. The van der Waals surface area contributed by atoms with Crippen LogP contribution >= 0.6 is 11.3 Å². The summed E-state index contributed by atoms with van der Waals surface area (Å²) in [7, 11) is 0. The molecule has 1 fully saturated rings. The SMILES string of the molecule is CC(=O)N1CCN(c2nnc(Cc3ccc(F)cc3)s2)CC1. The maximum atomic E-state index is 12.9. The van der Waals surface area contributed by atoms with Crippen LogP contribution in [0.4, 0.5) is 9.52 Å². The van der Waals surface area contributed by atoms with Crippen LogP contribution in [0, 0.1) is 5.82 Å². The Morgan fingerprint density at radius 1 is 1.18 bits per heavy atom. The summed E-state index contributed by atoms with van der Waals surface area (Å²) in [4.78, 5) is 15.3. The molecule has 0 unspecified atom stereocenters. The van der Waals surface area contributed by atoms with Crippen molar-refractivity contribution in [2.75, 3.05) is 31.1 Å². The standard InChI is InChI=1S/C15H17FN4OS/c1-11(21)19-6-8-20(9-7-19)15-18-17-14(22-15)10-12-2-4-13(16)5-3-12/h2-5H,6-10H2,1H3. The van der Waals surface area contributed by atoms with Crippen LogP contribution in [0.5, 0.6) is 0 Å². The van der Waals surface area contributed by atoms with Crippen molar-refractivity contribution in [2.24, 2.45) is 0 Å². The van der Waals surface area contributed by atoms with Crippen LogP contribution in [0.15, 0.2) is 24.3 Å². The van der Waals surface area contributed by atoms with E-state index in [-0.39, 0.29) is 11.7 Å². The van der Waals surface area contributed by atoms with Gasteiger partial charge in [-0.2, -0.15) is 0 Å². The molecule has 1 aliphatic rings. The van der Waals surface area contributed by atoms with Crippen LogP contribution in [0.3, 0.4) is 0 Å². The van der Waals surface area contributed by atoms with Crippen molar-refractivity contribution in [1.29, 1.82) is 0 Å². The van der Waals surface area contributed by atoms with Gasteiger partial charge in [-0.3, -0.25) is 4.79 Å². The summed E-state index contributed by atoms with van der Waals surface area (Å²) in [5.74, 6) is -0.112. The van der Waals surface area contributed by atoms with Gasteiger partial charge >= 0.3 is 0 Å². The van der Waals surface area contributed by atoms with E-state index < -0.39 is 0 Å². The van der Waals surface area contributed by atoms with Gasteiger partial charge in [0, 0.05) is 39.5 Å². The van der Waals surface area contributed by atoms with Gasteiger partial charge in [0.25, 0.3) is 0 Å². The predicted molar refractivity (Wildman–Crippen MR) is 83.6 cm³/mol. The fourth-order valence-electron chi connectivity index (χ4n) is 2.43. The van der Waals surface area contributed by atoms with Crippen LogP contribution in [0.1, 0.15) is 17.5 Å². The highest BCUT2D eigenvalue weighted by molar-refractivity contribution is 7.15. The number of nitrogens with zero attached hydrogens (tertiary/aromatic N) is 4. The van der Waals surface area contributed by atoms with E-state index in [1.165, 1.54) is 12.1 Å². The molecule has 1 aromatic carbocycles. The van der Waals surface area contributed by atoms with Gasteiger partial charge in [-0.1, -0.05) is 23.5 Å². The monoisotopic (exact) mass is 320 g/mol. The smallest absolute Gasteiger partial charge is 0.219 e. The Kier molecular flexibility index (Phi) is 4.33. The Morgan fingerprint density at radius 3 is 2.50 bits per heavy atom. The molecule has 22 heavy (non-hydrogen) atoms. The Labute approximate surface area is 132 Å². The number of carbonyl (C=O) groups is 1. The first-order valence-corrected chi connectivity index (χ1v) is 8.01. The molecule has 116 valence electrons. The number of hydrogen-bond acceptors (Lipinski definition) is 5. The minimum Gasteiger partial charge on any atom is -0.343 e. The van der Waals surface area contributed by atoms with Gasteiger partial charge < -0.3 is 9.80 Å². The van der Waals surface area contributed by atoms with E-state index in [1.807, 2.05) is 4.90 Å². The lowest BCUT2D eigenvalue weighted by Crippen LogP contribution is -2.48. The maximum absolute atomic E-state index is 12.9. The molecule has 1 saturated heterocycles. The summed E-state index contributed by atoms with van der Waals surface area (Å²) >= 11 is 1.55. The lowest BCUT2D eigenvalue weighted by molar-refractivity contribution is -0.129. The molecule has 2 heterocycles. The molecule has 0 atom stereocenters. The number of amides is 1. The van der Waals surface area contributed by atoms with E-state index in [4.69, 9.17) is 0 Å². The van der Waals surface area contributed by atoms with E-state index in [0.29, 0.717) is 6.42 Å². The Bertz CT molecular complexity index is 650. The highest BCUT2D eigenvalue weighted by Crippen LogP contribution is 2.23. The summed E-state index contributed by atoms with van der Waals surface area (Å²) in [6.07, 6.45) is 0.658. The second kappa shape index (κ2) is 6.39. The lowest BCUT2D eigenvalue weighted by atomic mass is 10.2. The average Bonchev–Trinajstić information content (AvgIpc) is 2.98. The lowest BCUT2D eigenvalue weighted by Gasteiger charge is -2.33. The van der Waals surface area contributed by atoms with Gasteiger partial charge in [-0.05, 0) is 17.7 Å². The Morgan fingerprint density at radius 2 is 1.86 bits per heavy atom. The number of hydrogen-bond donors (Lipinski definition) is 0. The van der Waals surface area contributed by atoms with Gasteiger partial charge in [0.15, 0.2) is 0 Å². The molecule has 0 aliphatic carbocycles. The molecule has 1 amide bonds. The van der Waals surface area contributed by atoms with Crippen LogP contribution in [-0.4, -0.2) is 47.2 Å². The summed E-state index contributed by atoms with van der Waals surface area (Å²) in [6.45, 7) is 4.61. The zero-order valence-electron chi connectivity index (χ0n) is 12.3. The van der Waals surface area contributed by atoms with Crippen molar-refractivity contribution >= 4 is 22.4 Å². The zero-order chi connectivity index (χ0) is 15.5. The van der Waals surface area contributed by atoms with Crippen molar-refractivity contribution in [3.05, 3.63) is 40.7 Å². The molecular weight excluding hydrogens is 303 g/mol. The molecule has 0 saturated carbocycles. The van der Waals surface area contributed by atoms with Crippen molar-refractivity contribution in [3.63, 3.8) is 0 Å². The fraction of sp³-hybridized carbons (Fsp3) is 0.400. The maximum Gasteiger partial charge on any atom is 0.219 e. The highest BCUT2D eigenvalue weighted by atomic mass is 32.1. The van der Waals surface area contributed by atoms with E-state index in [9.17, 15) is 9.18 Å². The van der Waals surface area contributed by atoms with E-state index in [2.05, 4.69) is 15.1 Å². The first-order chi connectivity index (χ1) is 10.6. The van der Waals surface area contributed by atoms with E-state index >= 15 is 0 Å². The normalized spacial score (nSPS) is 15.2. The fourth-order valence-corrected chi connectivity index (χ4v) is 3.36. The van der Waals surface area contributed by atoms with Gasteiger partial charge in [0.1, 0.15) is 10.8 Å². The molecule has 1 aliphatic heterocycles. The first kappa shape index (κ1) is 14.9. The number of carbonyl (C=O) groups excluding carboxylic acids is 1. The molecule has 0 bridgehead atoms. The quantitative estimate of drug-likeness (QED) is 0.867. The summed E-state index contributed by atoms with van der Waals surface area (Å²) in [6, 6.07) is 6.45. The number of aromatic nitrogens is 2. The highest BCUT2D eigenvalue weighted by Gasteiger charge is 2.21. The van der Waals surface area contributed by atoms with E-state index in [0.717, 1.165) is 41.9 Å². The number of rotatable bonds is 3. The molecule has 0 radical (unpaired) electrons. The molecule has 5 nitrogen and oxygen atoms in total. The molecule has 3 rings (SSSR count). The number of benzene rings is 1.